The third-order valence-corrected chi connectivity index (χ3v) is 8.51. The molecule has 2 aliphatic carbocycles. The second kappa shape index (κ2) is 11.4. The number of amides is 2. The third-order valence-electron chi connectivity index (χ3n) is 8.51. The number of rotatable bonds is 9. The van der Waals surface area contributed by atoms with E-state index >= 15 is 0 Å². The molecule has 0 radical (unpaired) electrons. The largest absolute Gasteiger partial charge is 0.496 e. The average Bonchev–Trinajstić information content (AvgIpc) is 2.90. The number of ether oxygens (including phenoxy) is 2. The lowest BCUT2D eigenvalue weighted by atomic mass is 9.70. The Kier molecular flexibility index (Phi) is 8.33. The van der Waals surface area contributed by atoms with Crippen molar-refractivity contribution >= 4 is 23.8 Å². The Morgan fingerprint density at radius 2 is 1.64 bits per heavy atom. The predicted octanol–water partition coefficient (Wildman–Crippen LogP) is 6.15. The molecule has 2 aromatic rings. The summed E-state index contributed by atoms with van der Waals surface area (Å²) in [6.45, 7) is 8.48. The molecule has 0 saturated heterocycles. The van der Waals surface area contributed by atoms with Crippen molar-refractivity contribution in [2.24, 2.45) is 10.8 Å². The van der Waals surface area contributed by atoms with Crippen LogP contribution in [0.25, 0.3) is 0 Å². The molecule has 2 fully saturated rings. The number of anilines is 1. The van der Waals surface area contributed by atoms with Gasteiger partial charge in [-0.05, 0) is 87.1 Å². The van der Waals surface area contributed by atoms with Crippen LogP contribution in [0.3, 0.4) is 0 Å². The fourth-order valence-corrected chi connectivity index (χ4v) is 5.28. The van der Waals surface area contributed by atoms with Gasteiger partial charge in [0.25, 0.3) is 11.8 Å². The topological polar surface area (TPSA) is 93.7 Å². The van der Waals surface area contributed by atoms with Crippen molar-refractivity contribution in [2.45, 2.75) is 78.7 Å². The summed E-state index contributed by atoms with van der Waals surface area (Å²) in [5.74, 6) is -1.43. The normalized spacial score (nSPS) is 21.8. The van der Waals surface area contributed by atoms with Crippen molar-refractivity contribution in [3.8, 4) is 11.5 Å². The maximum absolute atomic E-state index is 14.9. The first-order valence-corrected chi connectivity index (χ1v) is 13.7. The van der Waals surface area contributed by atoms with Crippen LogP contribution in [0.4, 0.5) is 10.1 Å². The van der Waals surface area contributed by atoms with E-state index in [-0.39, 0.29) is 39.9 Å². The molecule has 0 heterocycles. The first-order chi connectivity index (χ1) is 18.5. The van der Waals surface area contributed by atoms with Gasteiger partial charge in [0.15, 0.2) is 11.6 Å². The summed E-state index contributed by atoms with van der Waals surface area (Å²) in [6.07, 6.45) is 6.59. The number of nitrogens with one attached hydrogen (secondary N) is 2. The van der Waals surface area contributed by atoms with Gasteiger partial charge in [-0.25, -0.2) is 4.39 Å². The Labute approximate surface area is 229 Å². The van der Waals surface area contributed by atoms with Crippen LogP contribution in [0, 0.1) is 30.5 Å². The second-order valence-electron chi connectivity index (χ2n) is 11.9. The summed E-state index contributed by atoms with van der Waals surface area (Å²) in [6, 6.07) is 6.02. The highest BCUT2D eigenvalue weighted by Gasteiger charge is 2.33. The van der Waals surface area contributed by atoms with Crippen LogP contribution in [0.5, 0.6) is 11.5 Å². The molecule has 0 atom stereocenters. The molecule has 8 heteroatoms. The van der Waals surface area contributed by atoms with Crippen molar-refractivity contribution < 1.29 is 28.2 Å². The van der Waals surface area contributed by atoms with Crippen LogP contribution in [0.2, 0.25) is 0 Å². The minimum absolute atomic E-state index is 0.0487. The summed E-state index contributed by atoms with van der Waals surface area (Å²) < 4.78 is 26.2. The molecule has 2 saturated carbocycles. The van der Waals surface area contributed by atoms with E-state index in [1.54, 1.807) is 12.1 Å². The first-order valence-electron chi connectivity index (χ1n) is 13.7. The van der Waals surface area contributed by atoms with Crippen molar-refractivity contribution in [3.63, 3.8) is 0 Å². The van der Waals surface area contributed by atoms with Gasteiger partial charge in [-0.3, -0.25) is 9.59 Å². The Morgan fingerprint density at radius 3 is 2.23 bits per heavy atom. The monoisotopic (exact) mass is 538 g/mol. The summed E-state index contributed by atoms with van der Waals surface area (Å²) in [4.78, 5) is 38.0. The van der Waals surface area contributed by atoms with Gasteiger partial charge in [-0.1, -0.05) is 20.3 Å². The van der Waals surface area contributed by atoms with E-state index < -0.39 is 11.7 Å². The molecule has 210 valence electrons. The average molecular weight is 539 g/mol. The van der Waals surface area contributed by atoms with E-state index in [0.717, 1.165) is 36.3 Å². The standard InChI is InChI=1S/C31H39FN2O5/c1-19-13-22(28(36)33-17-30(3)9-6-10-30)25(14-20(19)2)34-29(37)23-15-27(24(32)16-26(23)38-5)39-21-7-11-31(4,18-35)12-8-21/h13-16,18,21H,6-12,17H2,1-5H3,(H,33,36)(H,34,37)/t21-,31+. The molecule has 2 amide bonds. The molecule has 2 aromatic carbocycles. The van der Waals surface area contributed by atoms with E-state index in [1.165, 1.54) is 19.6 Å². The zero-order valence-electron chi connectivity index (χ0n) is 23.5. The minimum atomic E-state index is -0.636. The molecular formula is C31H39FN2O5. The molecule has 0 bridgehead atoms. The van der Waals surface area contributed by atoms with Gasteiger partial charge in [-0.2, -0.15) is 0 Å². The van der Waals surface area contributed by atoms with Crippen LogP contribution in [0.15, 0.2) is 24.3 Å². The zero-order valence-corrected chi connectivity index (χ0v) is 23.5. The molecule has 0 aromatic heterocycles. The summed E-state index contributed by atoms with van der Waals surface area (Å²) in [7, 11) is 1.36. The molecule has 7 nitrogen and oxygen atoms in total. The van der Waals surface area contributed by atoms with E-state index in [4.69, 9.17) is 9.47 Å². The van der Waals surface area contributed by atoms with Gasteiger partial charge >= 0.3 is 0 Å². The van der Waals surface area contributed by atoms with Crippen LogP contribution in [-0.4, -0.2) is 37.9 Å². The number of benzene rings is 2. The lowest BCUT2D eigenvalue weighted by Crippen LogP contribution is -2.40. The van der Waals surface area contributed by atoms with Gasteiger partial charge in [0.1, 0.15) is 12.0 Å². The molecule has 0 aliphatic heterocycles. The van der Waals surface area contributed by atoms with Crippen LogP contribution in [0.1, 0.15) is 90.6 Å². The highest BCUT2D eigenvalue weighted by Crippen LogP contribution is 2.40. The number of carbonyl (C=O) groups is 3. The van der Waals surface area contributed by atoms with Crippen LogP contribution in [-0.2, 0) is 4.79 Å². The number of halogens is 1. The number of hydrogen-bond acceptors (Lipinski definition) is 5. The molecule has 39 heavy (non-hydrogen) atoms. The minimum Gasteiger partial charge on any atom is -0.496 e. The van der Waals surface area contributed by atoms with Gasteiger partial charge in [-0.15, -0.1) is 0 Å². The van der Waals surface area contributed by atoms with E-state index in [1.807, 2.05) is 20.8 Å². The number of hydrogen-bond donors (Lipinski definition) is 2. The Balaban J connectivity index is 1.55. The molecule has 4 rings (SSSR count). The summed E-state index contributed by atoms with van der Waals surface area (Å²) in [5, 5.41) is 5.88. The smallest absolute Gasteiger partial charge is 0.259 e. The second-order valence-corrected chi connectivity index (χ2v) is 11.9. The fourth-order valence-electron chi connectivity index (χ4n) is 5.28. The Morgan fingerprint density at radius 1 is 0.974 bits per heavy atom. The highest BCUT2D eigenvalue weighted by atomic mass is 19.1. The predicted molar refractivity (Wildman–Crippen MR) is 148 cm³/mol. The van der Waals surface area contributed by atoms with Crippen molar-refractivity contribution in [3.05, 3.63) is 52.3 Å². The molecular weight excluding hydrogens is 499 g/mol. The Hall–Kier alpha value is -3.42. The first kappa shape index (κ1) is 28.6. The van der Waals surface area contributed by atoms with Crippen LogP contribution < -0.4 is 20.1 Å². The molecule has 0 unspecified atom stereocenters. The van der Waals surface area contributed by atoms with Crippen molar-refractivity contribution in [1.82, 2.24) is 5.32 Å². The van der Waals surface area contributed by atoms with E-state index in [9.17, 15) is 18.8 Å². The quantitative estimate of drug-likeness (QED) is 0.374. The molecule has 2 aliphatic rings. The lowest BCUT2D eigenvalue weighted by Gasteiger charge is -2.38. The summed E-state index contributed by atoms with van der Waals surface area (Å²) >= 11 is 0. The zero-order chi connectivity index (χ0) is 28.4. The fraction of sp³-hybridized carbons (Fsp3) is 0.516. The molecule has 0 spiro atoms. The van der Waals surface area contributed by atoms with Gasteiger partial charge in [0.05, 0.1) is 30.0 Å². The van der Waals surface area contributed by atoms with Crippen LogP contribution >= 0.6 is 0 Å². The number of aldehydes is 1. The van der Waals surface area contributed by atoms with E-state index in [0.29, 0.717) is 43.5 Å². The van der Waals surface area contributed by atoms with Crippen molar-refractivity contribution in [1.29, 1.82) is 0 Å². The maximum Gasteiger partial charge on any atom is 0.259 e. The number of aryl methyl sites for hydroxylation is 2. The Bertz CT molecular complexity index is 1260. The SMILES string of the molecule is COc1cc(F)c(O[C@H]2CC[C@@](C)(C=O)CC2)cc1C(=O)Nc1cc(C)c(C)cc1C(=O)NCC1(C)CCC1. The maximum atomic E-state index is 14.9. The van der Waals surface area contributed by atoms with Gasteiger partial charge < -0.3 is 24.9 Å². The third kappa shape index (κ3) is 6.43. The van der Waals surface area contributed by atoms with Crippen molar-refractivity contribution in [2.75, 3.05) is 19.0 Å². The van der Waals surface area contributed by atoms with Gasteiger partial charge in [0, 0.05) is 18.0 Å². The van der Waals surface area contributed by atoms with E-state index in [2.05, 4.69) is 17.6 Å². The number of carbonyl (C=O) groups excluding carboxylic acids is 3. The summed E-state index contributed by atoms with van der Waals surface area (Å²) in [5.41, 5.74) is 2.41. The number of methoxy groups -OCH3 is 1. The molecule has 2 N–H and O–H groups in total. The highest BCUT2D eigenvalue weighted by molar-refractivity contribution is 6.10. The lowest BCUT2D eigenvalue weighted by molar-refractivity contribution is -0.117. The van der Waals surface area contributed by atoms with Gasteiger partial charge in [0.2, 0.25) is 0 Å².